The van der Waals surface area contributed by atoms with Gasteiger partial charge in [0, 0.05) is 12.1 Å². The zero-order chi connectivity index (χ0) is 20.6. The van der Waals surface area contributed by atoms with Crippen molar-refractivity contribution in [1.29, 1.82) is 0 Å². The molecule has 1 amide bonds. The number of benzene rings is 2. The van der Waals surface area contributed by atoms with E-state index in [9.17, 15) is 4.79 Å². The molecule has 0 bridgehead atoms. The van der Waals surface area contributed by atoms with E-state index in [1.807, 2.05) is 30.3 Å². The second-order valence-corrected chi connectivity index (χ2v) is 6.76. The second kappa shape index (κ2) is 9.83. The molecular weight excluding hydrogens is 394 g/mol. The van der Waals surface area contributed by atoms with Crippen molar-refractivity contribution >= 4 is 17.7 Å². The maximum atomic E-state index is 12.0. The molecule has 29 heavy (non-hydrogen) atoms. The monoisotopic (exact) mass is 415 g/mol. The number of carbonyl (C=O) groups is 1. The molecule has 0 aliphatic heterocycles. The summed E-state index contributed by atoms with van der Waals surface area (Å²) in [5.41, 5.74) is 1.65. The van der Waals surface area contributed by atoms with Crippen LogP contribution in [0.15, 0.2) is 52.1 Å². The fourth-order valence-corrected chi connectivity index (χ4v) is 3.16. The summed E-state index contributed by atoms with van der Waals surface area (Å²) in [4.78, 5) is 12.0. The van der Waals surface area contributed by atoms with Crippen molar-refractivity contribution in [2.75, 3.05) is 27.1 Å². The van der Waals surface area contributed by atoms with Crippen LogP contribution in [-0.4, -0.2) is 43.2 Å². The van der Waals surface area contributed by atoms with Gasteiger partial charge in [0.1, 0.15) is 0 Å². The van der Waals surface area contributed by atoms with Crippen LogP contribution >= 0.6 is 11.8 Å². The summed E-state index contributed by atoms with van der Waals surface area (Å²) < 4.78 is 21.6. The zero-order valence-electron chi connectivity index (χ0n) is 16.3. The molecule has 1 N–H and O–H groups in total. The summed E-state index contributed by atoms with van der Waals surface area (Å²) in [7, 11) is 4.60. The minimum Gasteiger partial charge on any atom is -0.493 e. The van der Waals surface area contributed by atoms with Crippen molar-refractivity contribution < 1.29 is 23.4 Å². The van der Waals surface area contributed by atoms with Crippen molar-refractivity contribution in [2.45, 2.75) is 11.8 Å². The third kappa shape index (κ3) is 5.20. The molecule has 0 saturated heterocycles. The van der Waals surface area contributed by atoms with E-state index in [1.54, 1.807) is 12.1 Å². The van der Waals surface area contributed by atoms with Crippen LogP contribution in [0.1, 0.15) is 5.56 Å². The number of rotatable bonds is 9. The number of methoxy groups -OCH3 is 3. The summed E-state index contributed by atoms with van der Waals surface area (Å²) in [6, 6.07) is 13.1. The Kier molecular flexibility index (Phi) is 6.96. The minimum atomic E-state index is -0.119. The van der Waals surface area contributed by atoms with Gasteiger partial charge < -0.3 is 23.9 Å². The number of aromatic nitrogens is 2. The Balaban J connectivity index is 1.62. The van der Waals surface area contributed by atoms with Gasteiger partial charge in [0.2, 0.25) is 17.5 Å². The van der Waals surface area contributed by atoms with Gasteiger partial charge in [0.05, 0.1) is 27.1 Å². The molecule has 0 unspecified atom stereocenters. The highest BCUT2D eigenvalue weighted by atomic mass is 32.2. The number of nitrogens with one attached hydrogen (secondary N) is 1. The lowest BCUT2D eigenvalue weighted by Gasteiger charge is -2.12. The van der Waals surface area contributed by atoms with Crippen molar-refractivity contribution in [1.82, 2.24) is 15.5 Å². The number of amides is 1. The largest absolute Gasteiger partial charge is 0.493 e. The number of thioether (sulfide) groups is 1. The molecule has 2 aromatic carbocycles. The van der Waals surface area contributed by atoms with Crippen LogP contribution in [0.3, 0.4) is 0 Å². The predicted molar refractivity (Wildman–Crippen MR) is 108 cm³/mol. The highest BCUT2D eigenvalue weighted by Gasteiger charge is 2.18. The molecule has 0 saturated carbocycles. The maximum absolute atomic E-state index is 12.0. The molecule has 0 aliphatic rings. The van der Waals surface area contributed by atoms with Crippen molar-refractivity contribution in [3.63, 3.8) is 0 Å². The van der Waals surface area contributed by atoms with Gasteiger partial charge in [-0.05, 0) is 17.7 Å². The van der Waals surface area contributed by atoms with Crippen LogP contribution in [0.5, 0.6) is 17.2 Å². The van der Waals surface area contributed by atoms with Gasteiger partial charge in [0.15, 0.2) is 11.5 Å². The van der Waals surface area contributed by atoms with Crippen LogP contribution in [0.2, 0.25) is 0 Å². The van der Waals surface area contributed by atoms with E-state index in [0.29, 0.717) is 34.6 Å². The number of hydrogen-bond donors (Lipinski definition) is 1. The number of ether oxygens (including phenoxy) is 3. The van der Waals surface area contributed by atoms with Crippen molar-refractivity contribution in [2.24, 2.45) is 0 Å². The normalized spacial score (nSPS) is 10.4. The van der Waals surface area contributed by atoms with Crippen molar-refractivity contribution in [3.05, 3.63) is 48.0 Å². The van der Waals surface area contributed by atoms with Crippen LogP contribution < -0.4 is 19.5 Å². The number of nitrogens with zero attached hydrogens (tertiary/aromatic N) is 2. The van der Waals surface area contributed by atoms with E-state index < -0.39 is 0 Å². The average molecular weight is 415 g/mol. The SMILES string of the molecule is COc1cc(-c2nnc(SCC(=O)NCc3ccccc3)o2)cc(OC)c1OC. The third-order valence-corrected chi connectivity index (χ3v) is 4.80. The molecule has 1 aromatic heterocycles. The summed E-state index contributed by atoms with van der Waals surface area (Å²) in [6.45, 7) is 0.473. The zero-order valence-corrected chi connectivity index (χ0v) is 17.1. The van der Waals surface area contributed by atoms with E-state index >= 15 is 0 Å². The molecule has 0 radical (unpaired) electrons. The van der Waals surface area contributed by atoms with Crippen LogP contribution in [-0.2, 0) is 11.3 Å². The lowest BCUT2D eigenvalue weighted by atomic mass is 10.2. The van der Waals surface area contributed by atoms with Gasteiger partial charge in [-0.15, -0.1) is 10.2 Å². The first-order chi connectivity index (χ1) is 14.1. The number of carbonyl (C=O) groups excluding carboxylic acids is 1. The first kappa shape index (κ1) is 20.5. The molecule has 0 aliphatic carbocycles. The quantitative estimate of drug-likeness (QED) is 0.533. The molecule has 152 valence electrons. The van der Waals surface area contributed by atoms with E-state index in [4.69, 9.17) is 18.6 Å². The first-order valence-electron chi connectivity index (χ1n) is 8.72. The lowest BCUT2D eigenvalue weighted by Crippen LogP contribution is -2.24. The Morgan fingerprint density at radius 2 is 1.72 bits per heavy atom. The Morgan fingerprint density at radius 1 is 1.03 bits per heavy atom. The van der Waals surface area contributed by atoms with Gasteiger partial charge in [-0.1, -0.05) is 42.1 Å². The number of hydrogen-bond acceptors (Lipinski definition) is 8. The molecule has 0 fully saturated rings. The highest BCUT2D eigenvalue weighted by molar-refractivity contribution is 7.99. The molecule has 1 heterocycles. The topological polar surface area (TPSA) is 95.7 Å². The second-order valence-electron chi connectivity index (χ2n) is 5.84. The van der Waals surface area contributed by atoms with Gasteiger partial charge in [-0.2, -0.15) is 0 Å². The summed E-state index contributed by atoms with van der Waals surface area (Å²) >= 11 is 1.17. The summed E-state index contributed by atoms with van der Waals surface area (Å²) in [6.07, 6.45) is 0. The Bertz CT molecular complexity index is 937. The Labute approximate surface area is 172 Å². The molecule has 3 rings (SSSR count). The van der Waals surface area contributed by atoms with Gasteiger partial charge in [-0.25, -0.2) is 0 Å². The van der Waals surface area contributed by atoms with E-state index in [1.165, 1.54) is 33.1 Å². The average Bonchev–Trinajstić information content (AvgIpc) is 3.25. The highest BCUT2D eigenvalue weighted by Crippen LogP contribution is 2.41. The fraction of sp³-hybridized carbons (Fsp3) is 0.250. The van der Waals surface area contributed by atoms with Gasteiger partial charge >= 0.3 is 0 Å². The minimum absolute atomic E-state index is 0.119. The molecular formula is C20H21N3O5S. The van der Waals surface area contributed by atoms with Gasteiger partial charge in [-0.3, -0.25) is 4.79 Å². The van der Waals surface area contributed by atoms with E-state index in [-0.39, 0.29) is 17.6 Å². The standard InChI is InChI=1S/C20H21N3O5S/c1-25-15-9-14(10-16(26-2)18(15)27-3)19-22-23-20(28-19)29-12-17(24)21-11-13-7-5-4-6-8-13/h4-10H,11-12H2,1-3H3,(H,21,24). The Hall–Kier alpha value is -3.20. The van der Waals surface area contributed by atoms with Gasteiger partial charge in [0.25, 0.3) is 5.22 Å². The molecule has 8 nitrogen and oxygen atoms in total. The Morgan fingerprint density at radius 3 is 2.34 bits per heavy atom. The first-order valence-corrected chi connectivity index (χ1v) is 9.70. The molecule has 0 atom stereocenters. The lowest BCUT2D eigenvalue weighted by molar-refractivity contribution is -0.118. The van der Waals surface area contributed by atoms with Crippen LogP contribution in [0.4, 0.5) is 0 Å². The fourth-order valence-electron chi connectivity index (χ4n) is 2.56. The van der Waals surface area contributed by atoms with Crippen LogP contribution in [0.25, 0.3) is 11.5 Å². The smallest absolute Gasteiger partial charge is 0.277 e. The summed E-state index contributed by atoms with van der Waals surface area (Å²) in [5, 5.41) is 11.2. The van der Waals surface area contributed by atoms with Crippen molar-refractivity contribution in [3.8, 4) is 28.7 Å². The molecule has 9 heteroatoms. The maximum Gasteiger partial charge on any atom is 0.277 e. The summed E-state index contributed by atoms with van der Waals surface area (Å²) in [5.74, 6) is 1.78. The molecule has 3 aromatic rings. The van der Waals surface area contributed by atoms with Crippen LogP contribution in [0, 0.1) is 0 Å². The third-order valence-electron chi connectivity index (χ3n) is 3.98. The van der Waals surface area contributed by atoms with E-state index in [2.05, 4.69) is 15.5 Å². The van der Waals surface area contributed by atoms with E-state index in [0.717, 1.165) is 5.56 Å². The molecule has 0 spiro atoms. The predicted octanol–water partition coefficient (Wildman–Crippen LogP) is 3.17.